The molecule has 2 aromatic rings. The Kier molecular flexibility index (Phi) is 5.87. The fraction of sp³-hybridized carbons (Fsp3) is 0.500. The fourth-order valence-electron chi connectivity index (χ4n) is 4.51. The number of nitro groups is 1. The van der Waals surface area contributed by atoms with Gasteiger partial charge in [0, 0.05) is 36.5 Å². The van der Waals surface area contributed by atoms with Crippen molar-refractivity contribution in [1.29, 1.82) is 0 Å². The number of nitro benzene ring substituents is 1. The largest absolute Gasteiger partial charge is 0.300 e. The van der Waals surface area contributed by atoms with Crippen molar-refractivity contribution in [3.63, 3.8) is 0 Å². The normalized spacial score (nSPS) is 24.3. The van der Waals surface area contributed by atoms with Crippen LogP contribution in [0.2, 0.25) is 0 Å². The molecule has 0 radical (unpaired) electrons. The Labute approximate surface area is 176 Å². The van der Waals surface area contributed by atoms with E-state index in [0.717, 1.165) is 25.1 Å². The predicted molar refractivity (Wildman–Crippen MR) is 118 cm³/mol. The van der Waals surface area contributed by atoms with E-state index in [-0.39, 0.29) is 10.6 Å². The zero-order valence-corrected chi connectivity index (χ0v) is 17.5. The summed E-state index contributed by atoms with van der Waals surface area (Å²) >= 11 is 0. The summed E-state index contributed by atoms with van der Waals surface area (Å²) in [5, 5.41) is 15.9. The molecular formula is C22H28N6O2. The summed E-state index contributed by atoms with van der Waals surface area (Å²) in [4.78, 5) is 27.1. The Balaban J connectivity index is 1.67. The molecule has 0 bridgehead atoms. The first-order valence-corrected chi connectivity index (χ1v) is 10.7. The van der Waals surface area contributed by atoms with Crippen LogP contribution in [-0.2, 0) is 5.66 Å². The smallest absolute Gasteiger partial charge is 0.277 e. The number of hydrogen-bond acceptors (Lipinski definition) is 7. The average molecular weight is 409 g/mol. The van der Waals surface area contributed by atoms with Crippen LogP contribution in [0.5, 0.6) is 0 Å². The van der Waals surface area contributed by atoms with Gasteiger partial charge in [0.2, 0.25) is 0 Å². The van der Waals surface area contributed by atoms with E-state index < -0.39 is 5.66 Å². The van der Waals surface area contributed by atoms with Gasteiger partial charge in [0.25, 0.3) is 5.69 Å². The first-order chi connectivity index (χ1) is 14.5. The molecule has 158 valence electrons. The Hall–Kier alpha value is -2.71. The second-order valence-corrected chi connectivity index (χ2v) is 8.11. The SMILES string of the molecule is CCNC1(c2cc3ncncc3cc2[N+](=O)[O-])C=C(CCN2CCCCC2C)C=N1. The van der Waals surface area contributed by atoms with Gasteiger partial charge < -0.3 is 4.90 Å². The van der Waals surface area contributed by atoms with Crippen molar-refractivity contribution in [2.24, 2.45) is 4.99 Å². The van der Waals surface area contributed by atoms with Gasteiger partial charge >= 0.3 is 0 Å². The van der Waals surface area contributed by atoms with E-state index in [0.29, 0.717) is 29.1 Å². The molecule has 8 nitrogen and oxygen atoms in total. The summed E-state index contributed by atoms with van der Waals surface area (Å²) in [6, 6.07) is 3.92. The molecule has 0 aliphatic carbocycles. The molecule has 8 heteroatoms. The first-order valence-electron chi connectivity index (χ1n) is 10.7. The van der Waals surface area contributed by atoms with Crippen molar-refractivity contribution in [2.75, 3.05) is 19.6 Å². The zero-order chi connectivity index (χ0) is 21.1. The number of aliphatic imine (C=N–C) groups is 1. The standard InChI is InChI=1S/C22H28N6O2/c1-3-25-22(12-17(13-26-22)7-9-27-8-5-4-6-16(27)2)19-11-20-18(14-23-15-24-20)10-21(19)28(29)30/h10-16,25H,3-9H2,1-2H3. The van der Waals surface area contributed by atoms with Gasteiger partial charge in [0.05, 0.1) is 16.0 Å². The fourth-order valence-corrected chi connectivity index (χ4v) is 4.51. The van der Waals surface area contributed by atoms with Crippen molar-refractivity contribution >= 4 is 22.8 Å². The maximum absolute atomic E-state index is 11.9. The van der Waals surface area contributed by atoms with Crippen LogP contribution in [0, 0.1) is 10.1 Å². The molecule has 1 N–H and O–H groups in total. The van der Waals surface area contributed by atoms with Crippen molar-refractivity contribution in [3.05, 3.63) is 52.0 Å². The number of nitrogens with one attached hydrogen (secondary N) is 1. The van der Waals surface area contributed by atoms with Crippen LogP contribution in [0.25, 0.3) is 10.9 Å². The molecule has 0 amide bonds. The molecule has 30 heavy (non-hydrogen) atoms. The van der Waals surface area contributed by atoms with Crippen LogP contribution >= 0.6 is 0 Å². The maximum Gasteiger partial charge on any atom is 0.277 e. The number of likely N-dealkylation sites (N-methyl/N-ethyl adjacent to an activating group) is 1. The maximum atomic E-state index is 11.9. The predicted octanol–water partition coefficient (Wildman–Crippen LogP) is 3.58. The van der Waals surface area contributed by atoms with Gasteiger partial charge in [-0.25, -0.2) is 9.97 Å². The molecule has 3 heterocycles. The molecule has 1 fully saturated rings. The summed E-state index contributed by atoms with van der Waals surface area (Å²) in [6.07, 6.45) is 11.6. The Morgan fingerprint density at radius 2 is 2.23 bits per heavy atom. The Morgan fingerprint density at radius 1 is 1.37 bits per heavy atom. The lowest BCUT2D eigenvalue weighted by atomic mass is 9.95. The highest BCUT2D eigenvalue weighted by Crippen LogP contribution is 2.38. The van der Waals surface area contributed by atoms with Gasteiger partial charge in [-0.1, -0.05) is 13.3 Å². The molecular weight excluding hydrogens is 380 g/mol. The summed E-state index contributed by atoms with van der Waals surface area (Å²) in [5.41, 5.74) is 1.36. The molecule has 4 rings (SSSR count). The summed E-state index contributed by atoms with van der Waals surface area (Å²) < 4.78 is 0. The van der Waals surface area contributed by atoms with Crippen LogP contribution in [0.4, 0.5) is 5.69 Å². The molecule has 2 aliphatic rings. The van der Waals surface area contributed by atoms with Gasteiger partial charge in [-0.3, -0.25) is 20.4 Å². The number of likely N-dealkylation sites (tertiary alicyclic amines) is 1. The molecule has 2 unspecified atom stereocenters. The van der Waals surface area contributed by atoms with E-state index in [1.165, 1.54) is 25.6 Å². The number of rotatable bonds is 7. The second kappa shape index (κ2) is 8.57. The molecule has 1 aromatic carbocycles. The molecule has 2 atom stereocenters. The number of fused-ring (bicyclic) bond motifs is 1. The highest BCUT2D eigenvalue weighted by atomic mass is 16.6. The number of benzene rings is 1. The van der Waals surface area contributed by atoms with Crippen molar-refractivity contribution in [1.82, 2.24) is 20.2 Å². The lowest BCUT2D eigenvalue weighted by Gasteiger charge is -2.33. The molecule has 2 aliphatic heterocycles. The number of hydrogen-bond donors (Lipinski definition) is 1. The van der Waals surface area contributed by atoms with Crippen LogP contribution in [0.3, 0.4) is 0 Å². The van der Waals surface area contributed by atoms with E-state index in [1.54, 1.807) is 18.3 Å². The van der Waals surface area contributed by atoms with Crippen LogP contribution in [0.15, 0.2) is 41.3 Å². The van der Waals surface area contributed by atoms with Crippen molar-refractivity contribution in [3.8, 4) is 0 Å². The molecule has 0 spiro atoms. The minimum atomic E-state index is -0.945. The zero-order valence-electron chi connectivity index (χ0n) is 17.5. The third kappa shape index (κ3) is 3.97. The highest BCUT2D eigenvalue weighted by molar-refractivity contribution is 5.86. The third-order valence-corrected chi connectivity index (χ3v) is 6.13. The molecule has 1 aromatic heterocycles. The van der Waals surface area contributed by atoms with Gasteiger partial charge in [0.1, 0.15) is 6.33 Å². The van der Waals surface area contributed by atoms with Gasteiger partial charge in [0.15, 0.2) is 5.66 Å². The van der Waals surface area contributed by atoms with Crippen molar-refractivity contribution in [2.45, 2.75) is 51.2 Å². The quantitative estimate of drug-likeness (QED) is 0.556. The van der Waals surface area contributed by atoms with Crippen LogP contribution in [0.1, 0.15) is 45.1 Å². The minimum Gasteiger partial charge on any atom is -0.300 e. The molecule has 0 saturated carbocycles. The topological polar surface area (TPSA) is 96.5 Å². The van der Waals surface area contributed by atoms with E-state index in [4.69, 9.17) is 4.99 Å². The highest BCUT2D eigenvalue weighted by Gasteiger charge is 2.38. The lowest BCUT2D eigenvalue weighted by Crippen LogP contribution is -2.39. The monoisotopic (exact) mass is 408 g/mol. The van der Waals surface area contributed by atoms with Gasteiger partial charge in [-0.2, -0.15) is 0 Å². The first kappa shape index (κ1) is 20.6. The van der Waals surface area contributed by atoms with Crippen LogP contribution < -0.4 is 5.32 Å². The van der Waals surface area contributed by atoms with Gasteiger partial charge in [-0.05, 0) is 57.0 Å². The minimum absolute atomic E-state index is 0.0255. The van der Waals surface area contributed by atoms with E-state index >= 15 is 0 Å². The number of aromatic nitrogens is 2. The Morgan fingerprint density at radius 3 is 3.00 bits per heavy atom. The lowest BCUT2D eigenvalue weighted by molar-refractivity contribution is -0.385. The summed E-state index contributed by atoms with van der Waals surface area (Å²) in [7, 11) is 0. The van der Waals surface area contributed by atoms with Crippen molar-refractivity contribution < 1.29 is 4.92 Å². The number of nitrogens with zero attached hydrogens (tertiary/aromatic N) is 5. The Bertz CT molecular complexity index is 1000. The van der Waals surface area contributed by atoms with E-state index in [9.17, 15) is 10.1 Å². The van der Waals surface area contributed by atoms with E-state index in [2.05, 4.69) is 27.1 Å². The van der Waals surface area contributed by atoms with Crippen LogP contribution in [-0.4, -0.2) is 51.7 Å². The summed E-state index contributed by atoms with van der Waals surface area (Å²) in [6.45, 7) is 7.02. The van der Waals surface area contributed by atoms with Gasteiger partial charge in [-0.15, -0.1) is 0 Å². The second-order valence-electron chi connectivity index (χ2n) is 8.11. The number of piperidine rings is 1. The molecule has 1 saturated heterocycles. The third-order valence-electron chi connectivity index (χ3n) is 6.13. The summed E-state index contributed by atoms with van der Waals surface area (Å²) in [5.74, 6) is 0. The average Bonchev–Trinajstić information content (AvgIpc) is 3.16. The van der Waals surface area contributed by atoms with E-state index in [1.807, 2.05) is 19.2 Å².